The van der Waals surface area contributed by atoms with E-state index in [2.05, 4.69) is 4.74 Å². The van der Waals surface area contributed by atoms with Gasteiger partial charge in [0, 0.05) is 5.82 Å². The SMILES string of the molecule is F[B-](F)(F)C1C(F)(F)C12COC2.[K+]. The molecule has 1 atom stereocenters. The van der Waals surface area contributed by atoms with Crippen LogP contribution in [0.4, 0.5) is 21.7 Å². The average molecular weight is 226 g/mol. The fourth-order valence-electron chi connectivity index (χ4n) is 1.83. The van der Waals surface area contributed by atoms with E-state index >= 15 is 0 Å². The summed E-state index contributed by atoms with van der Waals surface area (Å²) in [4.78, 5) is 0. The van der Waals surface area contributed by atoms with Crippen LogP contribution in [0.5, 0.6) is 0 Å². The first-order valence-corrected chi connectivity index (χ1v) is 3.48. The van der Waals surface area contributed by atoms with Crippen molar-refractivity contribution in [3.05, 3.63) is 0 Å². The zero-order valence-corrected chi connectivity index (χ0v) is 9.99. The second-order valence-corrected chi connectivity index (χ2v) is 3.37. The Labute approximate surface area is 114 Å². The first-order valence-electron chi connectivity index (χ1n) is 3.48. The molecule has 2 aliphatic rings. The average Bonchev–Trinajstić information content (AvgIpc) is 2.23. The van der Waals surface area contributed by atoms with Gasteiger partial charge < -0.3 is 17.7 Å². The van der Waals surface area contributed by atoms with Crippen molar-refractivity contribution in [1.82, 2.24) is 0 Å². The maximum absolute atomic E-state index is 12.6. The molecule has 0 radical (unpaired) electrons. The molecule has 8 heteroatoms. The third-order valence-corrected chi connectivity index (χ3v) is 2.66. The van der Waals surface area contributed by atoms with Crippen LogP contribution in [0.3, 0.4) is 0 Å². The van der Waals surface area contributed by atoms with Crippen molar-refractivity contribution in [2.75, 3.05) is 13.2 Å². The Balaban J connectivity index is 0.000000845. The van der Waals surface area contributed by atoms with Crippen molar-refractivity contribution < 1.29 is 77.8 Å². The van der Waals surface area contributed by atoms with Gasteiger partial charge in [0.15, 0.2) is 0 Å². The van der Waals surface area contributed by atoms with Crippen molar-refractivity contribution in [3.8, 4) is 0 Å². The van der Waals surface area contributed by atoms with Crippen LogP contribution in [0.15, 0.2) is 0 Å². The quantitative estimate of drug-likeness (QED) is 0.406. The number of rotatable bonds is 1. The summed E-state index contributed by atoms with van der Waals surface area (Å²) >= 11 is 0. The zero-order valence-electron chi connectivity index (χ0n) is 6.87. The maximum Gasteiger partial charge on any atom is 1.00 e. The Kier molecular flexibility index (Phi) is 3.00. The molecule has 0 aromatic heterocycles. The number of alkyl halides is 2. The Morgan fingerprint density at radius 2 is 1.62 bits per heavy atom. The van der Waals surface area contributed by atoms with E-state index in [0.717, 1.165) is 0 Å². The molecule has 2 rings (SSSR count). The van der Waals surface area contributed by atoms with Crippen LogP contribution in [0.1, 0.15) is 0 Å². The predicted octanol–water partition coefficient (Wildman–Crippen LogP) is -1.13. The number of hydrogen-bond acceptors (Lipinski definition) is 1. The summed E-state index contributed by atoms with van der Waals surface area (Å²) in [6.45, 7) is -6.33. The van der Waals surface area contributed by atoms with Gasteiger partial charge in [0.2, 0.25) is 5.92 Å². The van der Waals surface area contributed by atoms with Gasteiger partial charge in [0.05, 0.1) is 18.6 Å². The van der Waals surface area contributed by atoms with Crippen LogP contribution >= 0.6 is 0 Å². The van der Waals surface area contributed by atoms with Crippen molar-refractivity contribution in [3.63, 3.8) is 0 Å². The summed E-state index contributed by atoms with van der Waals surface area (Å²) in [5.74, 6) is -6.00. The second-order valence-electron chi connectivity index (χ2n) is 3.37. The molecule has 1 heterocycles. The fraction of sp³-hybridized carbons (Fsp3) is 1.00. The predicted molar refractivity (Wildman–Crippen MR) is 31.0 cm³/mol. The summed E-state index contributed by atoms with van der Waals surface area (Å²) in [6, 6.07) is 0. The summed E-state index contributed by atoms with van der Waals surface area (Å²) in [7, 11) is 0. The van der Waals surface area contributed by atoms with E-state index in [1.54, 1.807) is 0 Å². The molecule has 1 saturated carbocycles. The van der Waals surface area contributed by atoms with E-state index in [1.165, 1.54) is 0 Å². The largest absolute Gasteiger partial charge is 1.00 e. The molecule has 0 aromatic rings. The first kappa shape index (κ1) is 12.4. The Hall–Kier alpha value is 1.31. The smallest absolute Gasteiger partial charge is 0.449 e. The molecule has 1 unspecified atom stereocenters. The molecule has 13 heavy (non-hydrogen) atoms. The molecule has 1 aliphatic carbocycles. The van der Waals surface area contributed by atoms with E-state index < -0.39 is 37.3 Å². The van der Waals surface area contributed by atoms with Gasteiger partial charge >= 0.3 is 58.4 Å². The summed E-state index contributed by atoms with van der Waals surface area (Å²) in [5, 5.41) is 0. The van der Waals surface area contributed by atoms with Crippen LogP contribution in [-0.4, -0.2) is 26.1 Å². The summed E-state index contributed by atoms with van der Waals surface area (Å²) in [6.07, 6.45) is 0. The minimum absolute atomic E-state index is 0. The molecular formula is C5H5BF5KO. The molecule has 2 fully saturated rings. The van der Waals surface area contributed by atoms with Gasteiger partial charge in [-0.3, -0.25) is 0 Å². The van der Waals surface area contributed by atoms with Gasteiger partial charge in [-0.25, -0.2) is 8.78 Å². The third-order valence-electron chi connectivity index (χ3n) is 2.66. The first-order chi connectivity index (χ1) is 5.32. The maximum atomic E-state index is 12.6. The van der Waals surface area contributed by atoms with Crippen LogP contribution in [0, 0.1) is 5.41 Å². The molecule has 70 valence electrons. The van der Waals surface area contributed by atoms with Gasteiger partial charge in [0.1, 0.15) is 0 Å². The van der Waals surface area contributed by atoms with Gasteiger partial charge in [-0.1, -0.05) is 0 Å². The van der Waals surface area contributed by atoms with Gasteiger partial charge in [-0.15, -0.1) is 0 Å². The topological polar surface area (TPSA) is 9.23 Å². The normalized spacial score (nSPS) is 33.5. The Morgan fingerprint density at radius 1 is 1.15 bits per heavy atom. The van der Waals surface area contributed by atoms with E-state index in [4.69, 9.17) is 0 Å². The van der Waals surface area contributed by atoms with Crippen LogP contribution in [0.25, 0.3) is 0 Å². The van der Waals surface area contributed by atoms with E-state index in [0.29, 0.717) is 0 Å². The molecule has 1 spiro atoms. The molecule has 1 saturated heterocycles. The van der Waals surface area contributed by atoms with Crippen molar-refractivity contribution in [1.29, 1.82) is 0 Å². The Bertz CT molecular complexity index is 225. The standard InChI is InChI=1S/C5H5BF5O.K/c7-5(8)3(6(9,10)11)4(5)1-12-2-4;/h3H,1-2H2;/q-1;+1. The molecule has 0 amide bonds. The number of ether oxygens (including phenoxy) is 1. The van der Waals surface area contributed by atoms with Crippen molar-refractivity contribution in [2.45, 2.75) is 11.7 Å². The zero-order chi connectivity index (χ0) is 9.20. The molecule has 1 aliphatic heterocycles. The fourth-order valence-corrected chi connectivity index (χ4v) is 1.83. The minimum Gasteiger partial charge on any atom is -0.449 e. The summed E-state index contributed by atoms with van der Waals surface area (Å²) in [5.41, 5.74) is -1.88. The molecule has 1 nitrogen and oxygen atoms in total. The minimum atomic E-state index is -5.43. The number of halogens is 5. The van der Waals surface area contributed by atoms with Crippen molar-refractivity contribution in [2.24, 2.45) is 5.41 Å². The van der Waals surface area contributed by atoms with Crippen LogP contribution < -0.4 is 51.4 Å². The van der Waals surface area contributed by atoms with E-state index in [-0.39, 0.29) is 51.4 Å². The second kappa shape index (κ2) is 3.15. The summed E-state index contributed by atoms with van der Waals surface area (Å²) < 4.78 is 65.5. The molecule has 0 bridgehead atoms. The monoisotopic (exact) mass is 226 g/mol. The molecule has 0 aromatic carbocycles. The van der Waals surface area contributed by atoms with Gasteiger partial charge in [0.25, 0.3) is 0 Å². The number of hydrogen-bond donors (Lipinski definition) is 0. The molecule has 0 N–H and O–H groups in total. The van der Waals surface area contributed by atoms with Crippen LogP contribution in [-0.2, 0) is 4.74 Å². The van der Waals surface area contributed by atoms with Gasteiger partial charge in [-0.2, -0.15) is 0 Å². The van der Waals surface area contributed by atoms with Gasteiger partial charge in [-0.05, 0) is 0 Å². The van der Waals surface area contributed by atoms with Crippen molar-refractivity contribution >= 4 is 6.98 Å². The van der Waals surface area contributed by atoms with E-state index in [1.807, 2.05) is 0 Å². The van der Waals surface area contributed by atoms with Crippen LogP contribution in [0.2, 0.25) is 5.82 Å². The van der Waals surface area contributed by atoms with E-state index in [9.17, 15) is 21.7 Å². The molecular weight excluding hydrogens is 221 g/mol. The third kappa shape index (κ3) is 1.45. The Morgan fingerprint density at radius 3 is 1.69 bits per heavy atom.